The maximum atomic E-state index is 7.62. The minimum Gasteiger partial charge on any atom is -0.384 e. The van der Waals surface area contributed by atoms with Crippen LogP contribution in [0.1, 0.15) is 29.8 Å². The average Bonchev–Trinajstić information content (AvgIpc) is 2.82. The number of aryl methyl sites for hydroxylation is 1. The van der Waals surface area contributed by atoms with Gasteiger partial charge in [-0.2, -0.15) is 0 Å². The smallest absolute Gasteiger partial charge is 0.149 e. The number of nitrogens with zero attached hydrogens (tertiary/aromatic N) is 3. The van der Waals surface area contributed by atoms with Crippen LogP contribution >= 0.6 is 0 Å². The maximum absolute atomic E-state index is 7.62. The van der Waals surface area contributed by atoms with Crippen molar-refractivity contribution in [3.63, 3.8) is 0 Å². The molecule has 3 N–H and O–H groups in total. The third-order valence-electron chi connectivity index (χ3n) is 3.34. The highest BCUT2D eigenvalue weighted by Crippen LogP contribution is 2.23. The average molecular weight is 241 g/mol. The molecule has 0 unspecified atom stereocenters. The van der Waals surface area contributed by atoms with Crippen molar-refractivity contribution in [3.8, 4) is 5.82 Å². The Balaban J connectivity index is 2.15. The lowest BCUT2D eigenvalue weighted by molar-refractivity contribution is 0.654. The first-order valence-electron chi connectivity index (χ1n) is 6.12. The van der Waals surface area contributed by atoms with Crippen molar-refractivity contribution >= 4 is 5.84 Å². The number of hydrogen-bond acceptors (Lipinski definition) is 3. The lowest BCUT2D eigenvalue weighted by Gasteiger charge is -2.15. The molecule has 1 aliphatic carbocycles. The SMILES string of the molecule is N=C(N)c1cccnc1-n1cnc2c1CCCC2. The van der Waals surface area contributed by atoms with Crippen LogP contribution in [0, 0.1) is 5.41 Å². The van der Waals surface area contributed by atoms with Gasteiger partial charge >= 0.3 is 0 Å². The van der Waals surface area contributed by atoms with E-state index < -0.39 is 0 Å². The largest absolute Gasteiger partial charge is 0.384 e. The van der Waals surface area contributed by atoms with E-state index in [1.165, 1.54) is 18.5 Å². The fraction of sp³-hybridized carbons (Fsp3) is 0.308. The summed E-state index contributed by atoms with van der Waals surface area (Å²) in [6, 6.07) is 3.61. The zero-order valence-electron chi connectivity index (χ0n) is 10.1. The minimum absolute atomic E-state index is 0.0383. The second-order valence-electron chi connectivity index (χ2n) is 4.50. The number of hydrogen-bond donors (Lipinski definition) is 2. The number of pyridine rings is 1. The van der Waals surface area contributed by atoms with E-state index in [4.69, 9.17) is 11.1 Å². The van der Waals surface area contributed by atoms with Crippen LogP contribution < -0.4 is 5.73 Å². The highest BCUT2D eigenvalue weighted by Gasteiger charge is 2.18. The Bertz CT molecular complexity index is 599. The van der Waals surface area contributed by atoms with Gasteiger partial charge in [-0.3, -0.25) is 9.98 Å². The van der Waals surface area contributed by atoms with Gasteiger partial charge < -0.3 is 5.73 Å². The molecule has 0 bridgehead atoms. The molecule has 5 heteroatoms. The number of fused-ring (bicyclic) bond motifs is 1. The molecule has 2 aromatic heterocycles. The predicted octanol–water partition coefficient (Wildman–Crippen LogP) is 1.43. The van der Waals surface area contributed by atoms with Gasteiger partial charge in [0.1, 0.15) is 18.0 Å². The Hall–Kier alpha value is -2.17. The molecule has 0 saturated carbocycles. The Kier molecular flexibility index (Phi) is 2.59. The van der Waals surface area contributed by atoms with Crippen molar-refractivity contribution in [2.75, 3.05) is 0 Å². The number of nitrogen functional groups attached to an aromatic ring is 1. The van der Waals surface area contributed by atoms with Gasteiger partial charge in [0, 0.05) is 11.9 Å². The molecular weight excluding hydrogens is 226 g/mol. The van der Waals surface area contributed by atoms with Gasteiger partial charge in [0.05, 0.1) is 11.3 Å². The lowest BCUT2D eigenvalue weighted by atomic mass is 10.0. The fourth-order valence-corrected chi connectivity index (χ4v) is 2.45. The van der Waals surface area contributed by atoms with Gasteiger partial charge in [0.25, 0.3) is 0 Å². The molecule has 0 aliphatic heterocycles. The summed E-state index contributed by atoms with van der Waals surface area (Å²) in [4.78, 5) is 8.80. The van der Waals surface area contributed by atoms with Gasteiger partial charge in [-0.1, -0.05) is 0 Å². The molecule has 1 aliphatic rings. The van der Waals surface area contributed by atoms with E-state index in [1.807, 2.05) is 10.6 Å². The molecule has 2 heterocycles. The zero-order chi connectivity index (χ0) is 12.5. The molecule has 0 fully saturated rings. The van der Waals surface area contributed by atoms with E-state index >= 15 is 0 Å². The molecule has 0 saturated heterocycles. The first kappa shape index (κ1) is 11.0. The monoisotopic (exact) mass is 241 g/mol. The summed E-state index contributed by atoms with van der Waals surface area (Å²) in [6.45, 7) is 0. The van der Waals surface area contributed by atoms with Crippen LogP contribution in [0.15, 0.2) is 24.7 Å². The summed E-state index contributed by atoms with van der Waals surface area (Å²) in [5.41, 5.74) is 8.63. The van der Waals surface area contributed by atoms with E-state index in [-0.39, 0.29) is 5.84 Å². The second-order valence-corrected chi connectivity index (χ2v) is 4.50. The summed E-state index contributed by atoms with van der Waals surface area (Å²) < 4.78 is 1.98. The summed E-state index contributed by atoms with van der Waals surface area (Å²) in [7, 11) is 0. The highest BCUT2D eigenvalue weighted by atomic mass is 15.1. The standard InChI is InChI=1S/C13H15N5/c14-12(15)9-4-3-7-16-13(9)18-8-17-10-5-1-2-6-11(10)18/h3-4,7-8H,1-2,5-6H2,(H3,14,15). The molecule has 0 aromatic carbocycles. The summed E-state index contributed by atoms with van der Waals surface area (Å²) >= 11 is 0. The van der Waals surface area contributed by atoms with Crippen molar-refractivity contribution in [1.29, 1.82) is 5.41 Å². The van der Waals surface area contributed by atoms with E-state index in [1.54, 1.807) is 18.6 Å². The number of aromatic nitrogens is 3. The van der Waals surface area contributed by atoms with E-state index in [0.717, 1.165) is 18.5 Å². The molecule has 2 aromatic rings. The first-order valence-corrected chi connectivity index (χ1v) is 6.12. The molecule has 18 heavy (non-hydrogen) atoms. The molecule has 0 atom stereocenters. The fourth-order valence-electron chi connectivity index (χ4n) is 2.45. The Morgan fingerprint density at radius 3 is 2.94 bits per heavy atom. The van der Waals surface area contributed by atoms with Crippen LogP contribution in [-0.4, -0.2) is 20.4 Å². The molecule has 0 radical (unpaired) electrons. The van der Waals surface area contributed by atoms with E-state index in [2.05, 4.69) is 9.97 Å². The predicted molar refractivity (Wildman–Crippen MR) is 69.0 cm³/mol. The Morgan fingerprint density at radius 1 is 1.28 bits per heavy atom. The van der Waals surface area contributed by atoms with Gasteiger partial charge in [0.15, 0.2) is 0 Å². The van der Waals surface area contributed by atoms with Crippen LogP contribution in [0.3, 0.4) is 0 Å². The lowest BCUT2D eigenvalue weighted by Crippen LogP contribution is -2.17. The molecule has 0 spiro atoms. The zero-order valence-corrected chi connectivity index (χ0v) is 10.1. The second kappa shape index (κ2) is 4.25. The van der Waals surface area contributed by atoms with Crippen molar-refractivity contribution in [3.05, 3.63) is 41.6 Å². The molecule has 3 rings (SSSR count). The molecule has 0 amide bonds. The highest BCUT2D eigenvalue weighted by molar-refractivity contribution is 5.97. The summed E-state index contributed by atoms with van der Waals surface area (Å²) in [5, 5.41) is 7.62. The quantitative estimate of drug-likeness (QED) is 0.616. The van der Waals surface area contributed by atoms with Gasteiger partial charge in [-0.15, -0.1) is 0 Å². The Morgan fingerprint density at radius 2 is 2.11 bits per heavy atom. The van der Waals surface area contributed by atoms with Crippen molar-refractivity contribution in [1.82, 2.24) is 14.5 Å². The number of nitrogens with two attached hydrogens (primary N) is 1. The summed E-state index contributed by atoms with van der Waals surface area (Å²) in [6.07, 6.45) is 7.95. The number of nitrogens with one attached hydrogen (secondary N) is 1. The summed E-state index contributed by atoms with van der Waals surface area (Å²) in [5.74, 6) is 0.747. The van der Waals surface area contributed by atoms with Crippen molar-refractivity contribution < 1.29 is 0 Å². The van der Waals surface area contributed by atoms with Crippen LogP contribution in [0.2, 0.25) is 0 Å². The van der Waals surface area contributed by atoms with E-state index in [0.29, 0.717) is 11.4 Å². The van der Waals surface area contributed by atoms with Crippen molar-refractivity contribution in [2.24, 2.45) is 5.73 Å². The minimum atomic E-state index is 0.0383. The number of imidazole rings is 1. The third-order valence-corrected chi connectivity index (χ3v) is 3.34. The molecule has 92 valence electrons. The Labute approximate surface area is 105 Å². The van der Waals surface area contributed by atoms with Gasteiger partial charge in [-0.25, -0.2) is 9.97 Å². The van der Waals surface area contributed by atoms with Crippen LogP contribution in [0.25, 0.3) is 5.82 Å². The van der Waals surface area contributed by atoms with Gasteiger partial charge in [0.2, 0.25) is 0 Å². The maximum Gasteiger partial charge on any atom is 0.149 e. The first-order chi connectivity index (χ1) is 8.77. The van der Waals surface area contributed by atoms with Crippen LogP contribution in [0.5, 0.6) is 0 Å². The number of amidine groups is 1. The third kappa shape index (κ3) is 1.68. The van der Waals surface area contributed by atoms with Crippen LogP contribution in [-0.2, 0) is 12.8 Å². The number of rotatable bonds is 2. The van der Waals surface area contributed by atoms with Crippen molar-refractivity contribution in [2.45, 2.75) is 25.7 Å². The topological polar surface area (TPSA) is 80.6 Å². The van der Waals surface area contributed by atoms with Crippen LogP contribution in [0.4, 0.5) is 0 Å². The van der Waals surface area contributed by atoms with Gasteiger partial charge in [-0.05, 0) is 37.8 Å². The molecular formula is C13H15N5. The van der Waals surface area contributed by atoms with E-state index in [9.17, 15) is 0 Å². The normalized spacial score (nSPS) is 14.2. The molecule has 5 nitrogen and oxygen atoms in total.